The molecule has 1 aliphatic heterocycles. The molecule has 5 nitrogen and oxygen atoms in total. The molecule has 190 valence electrons. The van der Waals surface area contributed by atoms with Crippen LogP contribution in [0, 0.1) is 11.3 Å². The zero-order valence-electron chi connectivity index (χ0n) is 21.0. The van der Waals surface area contributed by atoms with Crippen molar-refractivity contribution in [1.82, 2.24) is 4.90 Å². The van der Waals surface area contributed by atoms with Gasteiger partial charge in [0, 0.05) is 22.0 Å². The third-order valence-electron chi connectivity index (χ3n) is 6.97. The van der Waals surface area contributed by atoms with E-state index in [0.717, 1.165) is 11.1 Å². The molecule has 0 aliphatic carbocycles. The summed E-state index contributed by atoms with van der Waals surface area (Å²) in [5.74, 6) is -1.33. The van der Waals surface area contributed by atoms with Crippen LogP contribution in [0.5, 0.6) is 0 Å². The SMILES string of the molecule is CC(C)[C@@H](C[Si](C)(C)O)N1C(=O)[C@@](C)(CC(=O)O)CC(c2cccc(Cl)c2)[C@H]1c1ccc(Cl)cc1. The minimum Gasteiger partial charge on any atom is -0.481 e. The van der Waals surface area contributed by atoms with Gasteiger partial charge in [0.2, 0.25) is 5.91 Å². The van der Waals surface area contributed by atoms with Crippen molar-refractivity contribution in [1.29, 1.82) is 0 Å². The molecule has 1 aliphatic rings. The molecule has 8 heteroatoms. The van der Waals surface area contributed by atoms with E-state index in [-0.39, 0.29) is 36.2 Å². The van der Waals surface area contributed by atoms with Gasteiger partial charge in [-0.05, 0) is 66.9 Å². The molecule has 35 heavy (non-hydrogen) atoms. The number of carbonyl (C=O) groups is 2. The summed E-state index contributed by atoms with van der Waals surface area (Å²) >= 11 is 12.6. The van der Waals surface area contributed by atoms with Crippen LogP contribution < -0.4 is 0 Å². The summed E-state index contributed by atoms with van der Waals surface area (Å²) in [7, 11) is -2.58. The van der Waals surface area contributed by atoms with Crippen LogP contribution in [0.15, 0.2) is 48.5 Å². The second-order valence-corrected chi connectivity index (χ2v) is 15.9. The van der Waals surface area contributed by atoms with Crippen molar-refractivity contribution in [3.05, 3.63) is 69.7 Å². The number of aliphatic carboxylic acids is 1. The fraction of sp³-hybridized carbons (Fsp3) is 0.481. The maximum absolute atomic E-state index is 14.3. The van der Waals surface area contributed by atoms with Gasteiger partial charge in [0.25, 0.3) is 0 Å². The number of likely N-dealkylation sites (tertiary alicyclic amines) is 1. The van der Waals surface area contributed by atoms with Gasteiger partial charge in [-0.3, -0.25) is 9.59 Å². The number of hydrogen-bond acceptors (Lipinski definition) is 3. The van der Waals surface area contributed by atoms with Gasteiger partial charge in [-0.15, -0.1) is 0 Å². The largest absolute Gasteiger partial charge is 0.481 e. The summed E-state index contributed by atoms with van der Waals surface area (Å²) in [6.45, 7) is 9.60. The molecule has 0 saturated carbocycles. The van der Waals surface area contributed by atoms with Crippen molar-refractivity contribution in [3.8, 4) is 0 Å². The van der Waals surface area contributed by atoms with E-state index in [4.69, 9.17) is 23.2 Å². The third-order valence-corrected chi connectivity index (χ3v) is 8.87. The minimum absolute atomic E-state index is 0.0554. The number of hydrogen-bond donors (Lipinski definition) is 2. The van der Waals surface area contributed by atoms with E-state index in [9.17, 15) is 19.5 Å². The normalized spacial score (nSPS) is 24.0. The number of rotatable bonds is 8. The van der Waals surface area contributed by atoms with Crippen LogP contribution >= 0.6 is 23.2 Å². The number of carbonyl (C=O) groups excluding carboxylic acids is 1. The molecule has 0 bridgehead atoms. The molecule has 1 amide bonds. The monoisotopic (exact) mass is 535 g/mol. The zero-order chi connectivity index (χ0) is 26.1. The molecular weight excluding hydrogens is 501 g/mol. The van der Waals surface area contributed by atoms with E-state index in [1.54, 1.807) is 13.0 Å². The Kier molecular flexibility index (Phi) is 8.42. The molecule has 0 radical (unpaired) electrons. The van der Waals surface area contributed by atoms with E-state index in [0.29, 0.717) is 22.5 Å². The quantitative estimate of drug-likeness (QED) is 0.366. The lowest BCUT2D eigenvalue weighted by Gasteiger charge is -2.53. The number of halogens is 2. The Morgan fingerprint density at radius 1 is 1.11 bits per heavy atom. The number of amides is 1. The van der Waals surface area contributed by atoms with Crippen molar-refractivity contribution in [3.63, 3.8) is 0 Å². The van der Waals surface area contributed by atoms with Crippen molar-refractivity contribution >= 4 is 43.4 Å². The topological polar surface area (TPSA) is 77.8 Å². The van der Waals surface area contributed by atoms with Crippen LogP contribution in [0.1, 0.15) is 56.7 Å². The average molecular weight is 537 g/mol. The van der Waals surface area contributed by atoms with E-state index in [1.807, 2.05) is 60.5 Å². The Morgan fingerprint density at radius 2 is 1.74 bits per heavy atom. The van der Waals surface area contributed by atoms with Crippen LogP contribution in [-0.4, -0.2) is 41.0 Å². The molecule has 2 aromatic carbocycles. The summed E-state index contributed by atoms with van der Waals surface area (Å²) in [5.41, 5.74) is 0.776. The lowest BCUT2D eigenvalue weighted by Crippen LogP contribution is -2.58. The standard InChI is InChI=1S/C27H35Cl2NO4Si/c1-17(2)23(16-35(4,5)34)30-25(18-9-11-20(28)12-10-18)22(19-7-6-8-21(29)13-19)14-27(3,26(30)33)15-24(31)32/h6-13,17,22-23,25,34H,14-16H2,1-5H3,(H,31,32)/t22?,23-,25-,27-/m1/s1. The highest BCUT2D eigenvalue weighted by atomic mass is 35.5. The maximum atomic E-state index is 14.3. The Hall–Kier alpha value is -1.86. The number of piperidine rings is 1. The second-order valence-electron chi connectivity index (χ2n) is 11.0. The highest BCUT2D eigenvalue weighted by Crippen LogP contribution is 2.53. The predicted molar refractivity (Wildman–Crippen MR) is 143 cm³/mol. The molecule has 0 spiro atoms. The lowest BCUT2D eigenvalue weighted by molar-refractivity contribution is -0.161. The molecule has 1 saturated heterocycles. The number of carboxylic acids is 1. The Balaban J connectivity index is 2.28. The van der Waals surface area contributed by atoms with Crippen LogP contribution in [0.4, 0.5) is 0 Å². The van der Waals surface area contributed by atoms with E-state index < -0.39 is 19.7 Å². The molecule has 2 N–H and O–H groups in total. The van der Waals surface area contributed by atoms with Crippen molar-refractivity contribution in [2.75, 3.05) is 0 Å². The molecule has 2 aromatic rings. The molecule has 1 fully saturated rings. The van der Waals surface area contributed by atoms with E-state index >= 15 is 0 Å². The lowest BCUT2D eigenvalue weighted by atomic mass is 9.66. The van der Waals surface area contributed by atoms with Crippen molar-refractivity contribution in [2.45, 2.75) is 70.8 Å². The second kappa shape index (κ2) is 10.6. The van der Waals surface area contributed by atoms with Gasteiger partial charge in [0.1, 0.15) is 0 Å². The first-order chi connectivity index (χ1) is 16.2. The van der Waals surface area contributed by atoms with Gasteiger partial charge >= 0.3 is 5.97 Å². The number of nitrogens with zero attached hydrogens (tertiary/aromatic N) is 1. The highest BCUT2D eigenvalue weighted by Gasteiger charge is 2.53. The van der Waals surface area contributed by atoms with Gasteiger partial charge in [-0.25, -0.2) is 0 Å². The van der Waals surface area contributed by atoms with E-state index in [1.165, 1.54) is 0 Å². The number of benzene rings is 2. The Bertz CT molecular complexity index is 1070. The summed E-state index contributed by atoms with van der Waals surface area (Å²) in [6.07, 6.45) is 0.102. The summed E-state index contributed by atoms with van der Waals surface area (Å²) in [4.78, 5) is 39.0. The first-order valence-electron chi connectivity index (χ1n) is 12.0. The summed E-state index contributed by atoms with van der Waals surface area (Å²) < 4.78 is 0. The van der Waals surface area contributed by atoms with Crippen molar-refractivity contribution in [2.24, 2.45) is 11.3 Å². The van der Waals surface area contributed by atoms with E-state index in [2.05, 4.69) is 13.8 Å². The highest BCUT2D eigenvalue weighted by molar-refractivity contribution is 6.69. The smallest absolute Gasteiger partial charge is 0.304 e. The molecular formula is C27H35Cl2NO4Si. The molecule has 0 aromatic heterocycles. The molecule has 1 heterocycles. The van der Waals surface area contributed by atoms with Crippen LogP contribution in [0.2, 0.25) is 29.2 Å². The van der Waals surface area contributed by atoms with Gasteiger partial charge in [0.15, 0.2) is 8.32 Å². The van der Waals surface area contributed by atoms with Crippen LogP contribution in [0.25, 0.3) is 0 Å². The summed E-state index contributed by atoms with van der Waals surface area (Å²) in [5, 5.41) is 10.9. The minimum atomic E-state index is -2.58. The fourth-order valence-electron chi connectivity index (χ4n) is 5.41. The van der Waals surface area contributed by atoms with Crippen molar-refractivity contribution < 1.29 is 19.5 Å². The zero-order valence-corrected chi connectivity index (χ0v) is 23.5. The summed E-state index contributed by atoms with van der Waals surface area (Å²) in [6, 6.07) is 15.0. The fourth-order valence-corrected chi connectivity index (χ4v) is 7.43. The first-order valence-corrected chi connectivity index (χ1v) is 15.9. The third kappa shape index (κ3) is 6.48. The van der Waals surface area contributed by atoms with Gasteiger partial charge in [-0.2, -0.15) is 0 Å². The predicted octanol–water partition coefficient (Wildman–Crippen LogP) is 6.75. The van der Waals surface area contributed by atoms with Gasteiger partial charge in [-0.1, -0.05) is 68.2 Å². The first kappa shape index (κ1) is 27.7. The maximum Gasteiger partial charge on any atom is 0.304 e. The molecule has 1 unspecified atom stereocenters. The average Bonchev–Trinajstić information content (AvgIpc) is 2.73. The van der Waals surface area contributed by atoms with Crippen LogP contribution in [0.3, 0.4) is 0 Å². The Labute approximate surface area is 219 Å². The van der Waals surface area contributed by atoms with Crippen LogP contribution in [-0.2, 0) is 9.59 Å². The van der Waals surface area contributed by atoms with Gasteiger partial charge < -0.3 is 14.8 Å². The van der Waals surface area contributed by atoms with Gasteiger partial charge in [0.05, 0.1) is 17.9 Å². The number of carboxylic acid groups (broad SMARTS) is 1. The Morgan fingerprint density at radius 3 is 2.26 bits per heavy atom. The molecule has 4 atom stereocenters. The molecule has 3 rings (SSSR count).